The largest absolute Gasteiger partial charge is 0.493 e. The Bertz CT molecular complexity index is 872. The van der Waals surface area contributed by atoms with Crippen LogP contribution < -0.4 is 20.3 Å². The van der Waals surface area contributed by atoms with E-state index < -0.39 is 0 Å². The van der Waals surface area contributed by atoms with Crippen molar-refractivity contribution in [3.63, 3.8) is 0 Å². The first kappa shape index (κ1) is 22.4. The van der Waals surface area contributed by atoms with Crippen LogP contribution in [0.25, 0.3) is 0 Å². The van der Waals surface area contributed by atoms with E-state index in [0.717, 1.165) is 73.9 Å². The first-order valence-electron chi connectivity index (χ1n) is 11.8. The molecule has 1 saturated carbocycles. The molecule has 1 saturated heterocycles. The first-order valence-corrected chi connectivity index (χ1v) is 11.8. The highest BCUT2D eigenvalue weighted by Gasteiger charge is 2.22. The number of likely N-dealkylation sites (N-methyl/N-ethyl adjacent to an activating group) is 1. The number of aromatic nitrogens is 1. The fourth-order valence-corrected chi connectivity index (χ4v) is 3.71. The molecule has 172 valence electrons. The van der Waals surface area contributed by atoms with Crippen molar-refractivity contribution in [2.45, 2.75) is 32.9 Å². The number of anilines is 1. The summed E-state index contributed by atoms with van der Waals surface area (Å²) in [5, 5.41) is 6.78. The van der Waals surface area contributed by atoms with Crippen LogP contribution in [-0.4, -0.2) is 62.2 Å². The van der Waals surface area contributed by atoms with E-state index in [1.54, 1.807) is 0 Å². The highest BCUT2D eigenvalue weighted by molar-refractivity contribution is 5.79. The Kier molecular flexibility index (Phi) is 7.82. The molecule has 0 spiro atoms. The highest BCUT2D eigenvalue weighted by Crippen LogP contribution is 2.30. The molecule has 1 aliphatic carbocycles. The van der Waals surface area contributed by atoms with Gasteiger partial charge < -0.3 is 25.2 Å². The molecule has 2 N–H and O–H groups in total. The van der Waals surface area contributed by atoms with Crippen molar-refractivity contribution in [2.24, 2.45) is 10.9 Å². The molecular weight excluding hydrogens is 400 g/mol. The quantitative estimate of drug-likeness (QED) is 0.466. The molecule has 2 aromatic rings. The van der Waals surface area contributed by atoms with E-state index in [9.17, 15) is 0 Å². The standard InChI is InChI=1S/C25H36N6O/c1-3-26-25(29-18-22-6-4-5-7-23(22)32-19-20-8-9-20)28-17-21-10-11-24(27-16-21)31-14-12-30(2)13-15-31/h4-7,10-11,16,20H,3,8-9,12-15,17-19H2,1-2H3,(H2,26,28,29). The van der Waals surface area contributed by atoms with Gasteiger partial charge in [-0.3, -0.25) is 0 Å². The van der Waals surface area contributed by atoms with Gasteiger partial charge in [-0.05, 0) is 50.4 Å². The van der Waals surface area contributed by atoms with E-state index in [1.807, 2.05) is 12.3 Å². The summed E-state index contributed by atoms with van der Waals surface area (Å²) in [7, 11) is 2.17. The van der Waals surface area contributed by atoms with Gasteiger partial charge in [0.25, 0.3) is 0 Å². The van der Waals surface area contributed by atoms with Crippen LogP contribution in [0.1, 0.15) is 30.9 Å². The number of rotatable bonds is 9. The number of pyridine rings is 1. The van der Waals surface area contributed by atoms with Gasteiger partial charge in [0, 0.05) is 51.0 Å². The molecule has 2 heterocycles. The van der Waals surface area contributed by atoms with E-state index >= 15 is 0 Å². The number of benzene rings is 1. The van der Waals surface area contributed by atoms with Gasteiger partial charge in [-0.15, -0.1) is 0 Å². The Morgan fingerprint density at radius 3 is 2.62 bits per heavy atom. The number of ether oxygens (including phenoxy) is 1. The third-order valence-electron chi connectivity index (χ3n) is 5.99. The maximum absolute atomic E-state index is 6.03. The van der Waals surface area contributed by atoms with Crippen molar-refractivity contribution in [3.05, 3.63) is 53.7 Å². The smallest absolute Gasteiger partial charge is 0.191 e. The van der Waals surface area contributed by atoms with Crippen molar-refractivity contribution >= 4 is 11.8 Å². The fraction of sp³-hybridized carbons (Fsp3) is 0.520. The van der Waals surface area contributed by atoms with Gasteiger partial charge >= 0.3 is 0 Å². The van der Waals surface area contributed by atoms with Gasteiger partial charge in [0.05, 0.1) is 13.2 Å². The number of hydrogen-bond acceptors (Lipinski definition) is 5. The zero-order chi connectivity index (χ0) is 22.2. The summed E-state index contributed by atoms with van der Waals surface area (Å²) in [4.78, 5) is 14.1. The van der Waals surface area contributed by atoms with E-state index in [1.165, 1.54) is 12.8 Å². The summed E-state index contributed by atoms with van der Waals surface area (Å²) >= 11 is 0. The predicted molar refractivity (Wildman–Crippen MR) is 130 cm³/mol. The molecule has 0 amide bonds. The maximum Gasteiger partial charge on any atom is 0.191 e. The van der Waals surface area contributed by atoms with Crippen molar-refractivity contribution < 1.29 is 4.74 Å². The first-order chi connectivity index (χ1) is 15.7. The van der Waals surface area contributed by atoms with Crippen LogP contribution >= 0.6 is 0 Å². The highest BCUT2D eigenvalue weighted by atomic mass is 16.5. The molecule has 32 heavy (non-hydrogen) atoms. The third kappa shape index (κ3) is 6.60. The average Bonchev–Trinajstić information content (AvgIpc) is 3.66. The number of piperazine rings is 1. The minimum absolute atomic E-state index is 0.588. The Morgan fingerprint density at radius 1 is 1.09 bits per heavy atom. The Morgan fingerprint density at radius 2 is 1.91 bits per heavy atom. The summed E-state index contributed by atoms with van der Waals surface area (Å²) in [6.07, 6.45) is 4.54. The van der Waals surface area contributed by atoms with Crippen LogP contribution in [0.3, 0.4) is 0 Å². The normalized spacial score (nSPS) is 17.3. The second-order valence-electron chi connectivity index (χ2n) is 8.73. The average molecular weight is 437 g/mol. The van der Waals surface area contributed by atoms with Crippen molar-refractivity contribution in [2.75, 3.05) is 51.3 Å². The van der Waals surface area contributed by atoms with Crippen molar-refractivity contribution in [1.29, 1.82) is 0 Å². The molecule has 0 radical (unpaired) electrons. The van der Waals surface area contributed by atoms with Crippen molar-refractivity contribution in [3.8, 4) is 5.75 Å². The minimum atomic E-state index is 0.588. The third-order valence-corrected chi connectivity index (χ3v) is 5.99. The molecule has 2 aliphatic rings. The summed E-state index contributed by atoms with van der Waals surface area (Å²) in [5.41, 5.74) is 2.25. The second-order valence-corrected chi connectivity index (χ2v) is 8.73. The topological polar surface area (TPSA) is 65.0 Å². The number of hydrogen-bond donors (Lipinski definition) is 2. The van der Waals surface area contributed by atoms with Crippen LogP contribution in [0.15, 0.2) is 47.6 Å². The lowest BCUT2D eigenvalue weighted by Crippen LogP contribution is -2.44. The number of nitrogens with zero attached hydrogens (tertiary/aromatic N) is 4. The lowest BCUT2D eigenvalue weighted by Gasteiger charge is -2.33. The summed E-state index contributed by atoms with van der Waals surface area (Å²) < 4.78 is 6.03. The van der Waals surface area contributed by atoms with Crippen LogP contribution in [0, 0.1) is 5.92 Å². The fourth-order valence-electron chi connectivity index (χ4n) is 3.71. The minimum Gasteiger partial charge on any atom is -0.493 e. The number of para-hydroxylation sites is 1. The molecule has 0 atom stereocenters. The second kappa shape index (κ2) is 11.2. The lowest BCUT2D eigenvalue weighted by molar-refractivity contribution is 0.296. The Balaban J connectivity index is 1.32. The maximum atomic E-state index is 6.03. The van der Waals surface area contributed by atoms with E-state index in [-0.39, 0.29) is 0 Å². The molecule has 2 fully saturated rings. The Hall–Kier alpha value is -2.80. The van der Waals surface area contributed by atoms with Gasteiger partial charge in [0.15, 0.2) is 5.96 Å². The molecule has 7 nitrogen and oxygen atoms in total. The number of aliphatic imine (C=N–C) groups is 1. The van der Waals surface area contributed by atoms with Crippen LogP contribution in [0.4, 0.5) is 5.82 Å². The van der Waals surface area contributed by atoms with E-state index in [4.69, 9.17) is 9.73 Å². The molecule has 0 bridgehead atoms. The van der Waals surface area contributed by atoms with Crippen LogP contribution in [0.2, 0.25) is 0 Å². The van der Waals surface area contributed by atoms with E-state index in [2.05, 4.69) is 69.7 Å². The summed E-state index contributed by atoms with van der Waals surface area (Å²) in [5.74, 6) is 3.56. The summed E-state index contributed by atoms with van der Waals surface area (Å²) in [6.45, 7) is 9.20. The molecule has 0 unspecified atom stereocenters. The van der Waals surface area contributed by atoms with Crippen LogP contribution in [0.5, 0.6) is 5.75 Å². The van der Waals surface area contributed by atoms with Gasteiger partial charge in [-0.25, -0.2) is 9.98 Å². The zero-order valence-corrected chi connectivity index (χ0v) is 19.4. The number of nitrogens with one attached hydrogen (secondary N) is 2. The van der Waals surface area contributed by atoms with Gasteiger partial charge in [0.2, 0.25) is 0 Å². The predicted octanol–water partition coefficient (Wildman–Crippen LogP) is 2.88. The van der Waals surface area contributed by atoms with E-state index in [0.29, 0.717) is 13.1 Å². The van der Waals surface area contributed by atoms with Crippen LogP contribution in [-0.2, 0) is 13.1 Å². The Labute approximate surface area is 191 Å². The molecule has 4 rings (SSSR count). The molecule has 1 aromatic heterocycles. The van der Waals surface area contributed by atoms with Gasteiger partial charge in [-0.2, -0.15) is 0 Å². The number of guanidine groups is 1. The molecule has 1 aromatic carbocycles. The molecule has 7 heteroatoms. The molecular formula is C25H36N6O. The lowest BCUT2D eigenvalue weighted by atomic mass is 10.2. The van der Waals surface area contributed by atoms with Crippen molar-refractivity contribution in [1.82, 2.24) is 20.5 Å². The SMILES string of the molecule is CCNC(=NCc1ccc(N2CCN(C)CC2)nc1)NCc1ccccc1OCC1CC1. The summed E-state index contributed by atoms with van der Waals surface area (Å²) in [6, 6.07) is 12.5. The van der Waals surface area contributed by atoms with Gasteiger partial charge in [0.1, 0.15) is 11.6 Å². The molecule has 1 aliphatic heterocycles. The van der Waals surface area contributed by atoms with Gasteiger partial charge in [-0.1, -0.05) is 24.3 Å². The zero-order valence-electron chi connectivity index (χ0n) is 19.4. The monoisotopic (exact) mass is 436 g/mol.